The Labute approximate surface area is 46.5 Å². The van der Waals surface area contributed by atoms with Crippen molar-refractivity contribution in [3.63, 3.8) is 0 Å². The molecule has 0 atom stereocenters. The second kappa shape index (κ2) is 2.55. The van der Waals surface area contributed by atoms with Crippen LogP contribution in [0, 0.1) is 0 Å². The first-order valence-electron chi connectivity index (χ1n) is 2.39. The van der Waals surface area contributed by atoms with Gasteiger partial charge in [0.15, 0.2) is 11.5 Å². The van der Waals surface area contributed by atoms with Crippen molar-refractivity contribution < 1.29 is 4.74 Å². The van der Waals surface area contributed by atoms with Crippen LogP contribution in [0.5, 0.6) is 0 Å². The van der Waals surface area contributed by atoms with E-state index in [0.717, 1.165) is 24.7 Å². The summed E-state index contributed by atoms with van der Waals surface area (Å²) in [5.74, 6) is 2.14. The maximum atomic E-state index is 5.58. The van der Waals surface area contributed by atoms with Gasteiger partial charge in [0.05, 0.1) is 24.3 Å². The summed E-state index contributed by atoms with van der Waals surface area (Å²) in [7, 11) is 0. The molecule has 0 aromatic rings. The SMILES string of the molecule is N[S+]1CCOCC1. The predicted molar refractivity (Wildman–Crippen MR) is 32.1 cm³/mol. The van der Waals surface area contributed by atoms with Gasteiger partial charge in [-0.3, -0.25) is 0 Å². The molecular formula is C4H10NOS+. The molecule has 0 saturated carbocycles. The van der Waals surface area contributed by atoms with Gasteiger partial charge in [-0.05, 0) is 0 Å². The van der Waals surface area contributed by atoms with Crippen LogP contribution in [0.15, 0.2) is 0 Å². The van der Waals surface area contributed by atoms with Gasteiger partial charge >= 0.3 is 0 Å². The van der Waals surface area contributed by atoms with Crippen LogP contribution < -0.4 is 5.14 Å². The Morgan fingerprint density at radius 2 is 1.86 bits per heavy atom. The summed E-state index contributed by atoms with van der Waals surface area (Å²) in [6.45, 7) is 1.75. The highest BCUT2D eigenvalue weighted by Crippen LogP contribution is 1.93. The summed E-state index contributed by atoms with van der Waals surface area (Å²) in [5.41, 5.74) is 0. The van der Waals surface area contributed by atoms with Gasteiger partial charge in [-0.15, -0.1) is 0 Å². The minimum absolute atomic E-state index is 0.185. The van der Waals surface area contributed by atoms with Crippen LogP contribution in [0.1, 0.15) is 0 Å². The lowest BCUT2D eigenvalue weighted by molar-refractivity contribution is 0.159. The quantitative estimate of drug-likeness (QED) is 0.438. The third-order valence-electron chi connectivity index (χ3n) is 0.980. The molecule has 0 amide bonds. The van der Waals surface area contributed by atoms with Crippen LogP contribution in [0.3, 0.4) is 0 Å². The highest BCUT2D eigenvalue weighted by molar-refractivity contribution is 7.94. The number of hydrogen-bond acceptors (Lipinski definition) is 2. The summed E-state index contributed by atoms with van der Waals surface area (Å²) < 4.78 is 5.07. The van der Waals surface area contributed by atoms with E-state index < -0.39 is 0 Å². The minimum Gasteiger partial charge on any atom is -0.372 e. The van der Waals surface area contributed by atoms with Gasteiger partial charge in [0, 0.05) is 0 Å². The van der Waals surface area contributed by atoms with Gasteiger partial charge in [-0.25, -0.2) is 0 Å². The van der Waals surface area contributed by atoms with Gasteiger partial charge in [-0.1, -0.05) is 0 Å². The first-order valence-corrected chi connectivity index (χ1v) is 4.02. The number of hydrogen-bond donors (Lipinski definition) is 1. The molecule has 0 aromatic carbocycles. The summed E-state index contributed by atoms with van der Waals surface area (Å²) >= 11 is 0.185. The fourth-order valence-electron chi connectivity index (χ4n) is 0.536. The highest BCUT2D eigenvalue weighted by atomic mass is 32.2. The number of ether oxygens (including phenoxy) is 1. The second-order valence-corrected chi connectivity index (χ2v) is 3.45. The lowest BCUT2D eigenvalue weighted by atomic mass is 10.8. The van der Waals surface area contributed by atoms with E-state index in [4.69, 9.17) is 9.88 Å². The standard InChI is InChI=1S/C4H10NOS/c5-7-3-1-6-2-4-7/h1-5H2/q+1. The Kier molecular flexibility index (Phi) is 1.97. The summed E-state index contributed by atoms with van der Waals surface area (Å²) in [4.78, 5) is 0. The summed E-state index contributed by atoms with van der Waals surface area (Å²) in [6, 6.07) is 0. The average molecular weight is 120 g/mol. The topological polar surface area (TPSA) is 35.2 Å². The third-order valence-corrected chi connectivity index (χ3v) is 2.36. The smallest absolute Gasteiger partial charge is 0.150 e. The highest BCUT2D eigenvalue weighted by Gasteiger charge is 2.16. The molecule has 1 rings (SSSR count). The molecule has 1 heterocycles. The maximum absolute atomic E-state index is 5.58. The van der Waals surface area contributed by atoms with Gasteiger partial charge in [0.2, 0.25) is 0 Å². The molecule has 2 N–H and O–H groups in total. The molecule has 3 heteroatoms. The van der Waals surface area contributed by atoms with Crippen LogP contribution in [0.4, 0.5) is 0 Å². The molecule has 0 aliphatic carbocycles. The zero-order valence-corrected chi connectivity index (χ0v) is 5.04. The normalized spacial score (nSPS) is 25.3. The molecule has 0 unspecified atom stereocenters. The van der Waals surface area contributed by atoms with Crippen LogP contribution in [0.2, 0.25) is 0 Å². The fourth-order valence-corrected chi connectivity index (χ4v) is 1.40. The lowest BCUT2D eigenvalue weighted by Gasteiger charge is -2.08. The van der Waals surface area contributed by atoms with E-state index in [1.165, 1.54) is 0 Å². The Balaban J connectivity index is 2.12. The van der Waals surface area contributed by atoms with Crippen molar-refractivity contribution in [1.29, 1.82) is 0 Å². The molecule has 1 aliphatic heterocycles. The minimum atomic E-state index is 0.185. The van der Waals surface area contributed by atoms with E-state index in [0.29, 0.717) is 0 Å². The average Bonchev–Trinajstić information content (AvgIpc) is 1.69. The molecule has 0 radical (unpaired) electrons. The molecule has 1 saturated heterocycles. The molecule has 42 valence electrons. The van der Waals surface area contributed by atoms with Gasteiger partial charge in [-0.2, -0.15) is 5.14 Å². The zero-order valence-electron chi connectivity index (χ0n) is 4.22. The Bertz CT molecular complexity index is 53.7. The van der Waals surface area contributed by atoms with E-state index in [1.807, 2.05) is 0 Å². The molecule has 0 aromatic heterocycles. The van der Waals surface area contributed by atoms with Gasteiger partial charge in [0.1, 0.15) is 0 Å². The van der Waals surface area contributed by atoms with Crippen molar-refractivity contribution in [2.45, 2.75) is 0 Å². The molecule has 2 nitrogen and oxygen atoms in total. The molecule has 1 fully saturated rings. The molecular weight excluding hydrogens is 110 g/mol. The van der Waals surface area contributed by atoms with Crippen molar-refractivity contribution >= 4 is 11.1 Å². The molecule has 0 bridgehead atoms. The van der Waals surface area contributed by atoms with Gasteiger partial charge in [0.25, 0.3) is 0 Å². The fraction of sp³-hybridized carbons (Fsp3) is 1.00. The molecule has 7 heavy (non-hydrogen) atoms. The number of nitrogens with two attached hydrogens (primary N) is 1. The van der Waals surface area contributed by atoms with Crippen molar-refractivity contribution in [2.24, 2.45) is 5.14 Å². The van der Waals surface area contributed by atoms with Crippen molar-refractivity contribution in [3.8, 4) is 0 Å². The monoisotopic (exact) mass is 120 g/mol. The lowest BCUT2D eigenvalue weighted by Crippen LogP contribution is -2.32. The van der Waals surface area contributed by atoms with E-state index in [-0.39, 0.29) is 11.1 Å². The van der Waals surface area contributed by atoms with E-state index in [2.05, 4.69) is 0 Å². The van der Waals surface area contributed by atoms with E-state index >= 15 is 0 Å². The van der Waals surface area contributed by atoms with Crippen LogP contribution in [-0.4, -0.2) is 24.7 Å². The van der Waals surface area contributed by atoms with Crippen molar-refractivity contribution in [1.82, 2.24) is 0 Å². The van der Waals surface area contributed by atoms with Crippen LogP contribution in [-0.2, 0) is 15.8 Å². The summed E-state index contributed by atoms with van der Waals surface area (Å²) in [6.07, 6.45) is 0. The maximum Gasteiger partial charge on any atom is 0.150 e. The van der Waals surface area contributed by atoms with Crippen molar-refractivity contribution in [3.05, 3.63) is 0 Å². The van der Waals surface area contributed by atoms with E-state index in [1.54, 1.807) is 0 Å². The van der Waals surface area contributed by atoms with E-state index in [9.17, 15) is 0 Å². The first kappa shape index (κ1) is 5.41. The third kappa shape index (κ3) is 1.67. The zero-order chi connectivity index (χ0) is 5.11. The Morgan fingerprint density at radius 3 is 2.14 bits per heavy atom. The molecule has 0 spiro atoms. The van der Waals surface area contributed by atoms with Crippen molar-refractivity contribution in [2.75, 3.05) is 24.7 Å². The first-order chi connectivity index (χ1) is 3.39. The second-order valence-electron chi connectivity index (χ2n) is 1.56. The van der Waals surface area contributed by atoms with Crippen LogP contribution in [0.25, 0.3) is 0 Å². The Hall–Kier alpha value is 0.270. The van der Waals surface area contributed by atoms with Gasteiger partial charge < -0.3 is 4.74 Å². The molecule has 1 aliphatic rings. The van der Waals surface area contributed by atoms with Crippen LogP contribution >= 0.6 is 0 Å². The number of rotatable bonds is 0. The summed E-state index contributed by atoms with van der Waals surface area (Å²) in [5, 5.41) is 5.58. The largest absolute Gasteiger partial charge is 0.372 e. The predicted octanol–water partition coefficient (Wildman–Crippen LogP) is -0.491. The Morgan fingerprint density at radius 1 is 1.29 bits per heavy atom.